The number of aromatic carboxylic acids is 1. The molecular weight excluding hydrogens is 301 g/mol. The second-order valence-corrected chi connectivity index (χ2v) is 4.92. The third-order valence-corrected chi connectivity index (χ3v) is 3.58. The normalized spacial score (nSPS) is 10.9. The van der Waals surface area contributed by atoms with Crippen LogP contribution in [0.5, 0.6) is 0 Å². The Morgan fingerprint density at radius 3 is 2.60 bits per heavy atom. The van der Waals surface area contributed by atoms with E-state index >= 15 is 0 Å². The zero-order chi connectivity index (χ0) is 14.3. The molecule has 0 aliphatic carbocycles. The first-order valence-corrected chi connectivity index (χ1v) is 6.36. The predicted molar refractivity (Wildman–Crippen MR) is 75.8 cm³/mol. The molecule has 0 aliphatic heterocycles. The fourth-order valence-electron chi connectivity index (χ4n) is 1.86. The fourth-order valence-corrected chi connectivity index (χ4v) is 2.16. The lowest BCUT2D eigenvalue weighted by atomic mass is 10.2. The van der Waals surface area contributed by atoms with Crippen molar-refractivity contribution in [3.63, 3.8) is 0 Å². The summed E-state index contributed by atoms with van der Waals surface area (Å²) >= 11 is 11.9. The van der Waals surface area contributed by atoms with Gasteiger partial charge in [0.25, 0.3) is 0 Å². The van der Waals surface area contributed by atoms with E-state index in [1.165, 1.54) is 12.1 Å². The molecule has 3 rings (SSSR count). The van der Waals surface area contributed by atoms with E-state index < -0.39 is 5.97 Å². The van der Waals surface area contributed by atoms with Crippen LogP contribution in [0, 0.1) is 0 Å². The van der Waals surface area contributed by atoms with Gasteiger partial charge in [0.05, 0.1) is 26.8 Å². The Morgan fingerprint density at radius 1 is 1.10 bits per heavy atom. The Labute approximate surface area is 123 Å². The van der Waals surface area contributed by atoms with E-state index in [9.17, 15) is 4.79 Å². The summed E-state index contributed by atoms with van der Waals surface area (Å²) in [5, 5.41) is 17.8. The molecule has 1 N–H and O–H groups in total. The van der Waals surface area contributed by atoms with Crippen molar-refractivity contribution in [3.8, 4) is 5.69 Å². The smallest absolute Gasteiger partial charge is 0.335 e. The van der Waals surface area contributed by atoms with Crippen LogP contribution in [-0.2, 0) is 0 Å². The van der Waals surface area contributed by atoms with Crippen molar-refractivity contribution >= 4 is 40.2 Å². The summed E-state index contributed by atoms with van der Waals surface area (Å²) in [5.74, 6) is -1.00. The molecule has 0 spiro atoms. The summed E-state index contributed by atoms with van der Waals surface area (Å²) in [4.78, 5) is 10.9. The lowest BCUT2D eigenvalue weighted by Crippen LogP contribution is -1.98. The minimum Gasteiger partial charge on any atom is -0.478 e. The highest BCUT2D eigenvalue weighted by atomic mass is 35.5. The number of carboxylic acids is 1. The van der Waals surface area contributed by atoms with Crippen LogP contribution in [0.4, 0.5) is 0 Å². The van der Waals surface area contributed by atoms with Crippen LogP contribution in [0.3, 0.4) is 0 Å². The van der Waals surface area contributed by atoms with E-state index in [1.807, 2.05) is 0 Å². The Kier molecular flexibility index (Phi) is 3.08. The molecular formula is C13H7Cl2N3O2. The molecule has 0 aliphatic rings. The van der Waals surface area contributed by atoms with Crippen LogP contribution in [-0.4, -0.2) is 26.1 Å². The summed E-state index contributed by atoms with van der Waals surface area (Å²) in [7, 11) is 0. The Hall–Kier alpha value is -2.11. The van der Waals surface area contributed by atoms with Crippen molar-refractivity contribution < 1.29 is 9.90 Å². The summed E-state index contributed by atoms with van der Waals surface area (Å²) in [5.41, 5.74) is 2.05. The molecule has 0 saturated carbocycles. The molecule has 7 heteroatoms. The third-order valence-electron chi connectivity index (χ3n) is 2.84. The van der Waals surface area contributed by atoms with Crippen molar-refractivity contribution in [2.45, 2.75) is 0 Å². The van der Waals surface area contributed by atoms with Gasteiger partial charge in [-0.1, -0.05) is 28.4 Å². The predicted octanol–water partition coefficient (Wildman–Crippen LogP) is 3.43. The molecule has 5 nitrogen and oxygen atoms in total. The van der Waals surface area contributed by atoms with Gasteiger partial charge >= 0.3 is 5.97 Å². The van der Waals surface area contributed by atoms with Gasteiger partial charge in [0.2, 0.25) is 0 Å². The third kappa shape index (κ3) is 2.11. The van der Waals surface area contributed by atoms with Crippen LogP contribution in [0.25, 0.3) is 16.7 Å². The van der Waals surface area contributed by atoms with Gasteiger partial charge < -0.3 is 5.11 Å². The zero-order valence-corrected chi connectivity index (χ0v) is 11.4. The molecule has 0 bridgehead atoms. The number of rotatable bonds is 2. The highest BCUT2D eigenvalue weighted by Crippen LogP contribution is 2.26. The summed E-state index contributed by atoms with van der Waals surface area (Å²) in [6.07, 6.45) is 0. The Morgan fingerprint density at radius 2 is 1.90 bits per heavy atom. The number of carbonyl (C=O) groups is 1. The second kappa shape index (κ2) is 4.77. The number of carboxylic acid groups (broad SMARTS) is 1. The Bertz CT molecular complexity index is 830. The molecule has 0 fully saturated rings. The number of halogens is 2. The largest absolute Gasteiger partial charge is 0.478 e. The summed E-state index contributed by atoms with van der Waals surface area (Å²) in [6, 6.07) is 9.72. The minimum atomic E-state index is -1.00. The maximum absolute atomic E-state index is 10.9. The van der Waals surface area contributed by atoms with Gasteiger partial charge in [0, 0.05) is 0 Å². The first-order chi connectivity index (χ1) is 9.56. The van der Waals surface area contributed by atoms with Crippen molar-refractivity contribution in [1.82, 2.24) is 15.0 Å². The first kappa shape index (κ1) is 12.9. The molecule has 1 heterocycles. The van der Waals surface area contributed by atoms with Crippen molar-refractivity contribution in [2.75, 3.05) is 0 Å². The average Bonchev–Trinajstić information content (AvgIpc) is 2.84. The quantitative estimate of drug-likeness (QED) is 0.787. The highest BCUT2D eigenvalue weighted by Gasteiger charge is 2.11. The van der Waals surface area contributed by atoms with Crippen LogP contribution in [0.15, 0.2) is 36.4 Å². The number of hydrogen-bond acceptors (Lipinski definition) is 3. The molecule has 0 atom stereocenters. The van der Waals surface area contributed by atoms with Crippen LogP contribution >= 0.6 is 23.2 Å². The van der Waals surface area contributed by atoms with Gasteiger partial charge in [-0.3, -0.25) is 0 Å². The maximum Gasteiger partial charge on any atom is 0.335 e. The van der Waals surface area contributed by atoms with E-state index in [1.54, 1.807) is 28.9 Å². The van der Waals surface area contributed by atoms with Gasteiger partial charge in [-0.25, -0.2) is 9.48 Å². The van der Waals surface area contributed by atoms with E-state index in [0.717, 1.165) is 0 Å². The minimum absolute atomic E-state index is 0.165. The van der Waals surface area contributed by atoms with Crippen molar-refractivity contribution in [2.24, 2.45) is 0 Å². The second-order valence-electron chi connectivity index (χ2n) is 4.11. The highest BCUT2D eigenvalue weighted by molar-refractivity contribution is 6.42. The zero-order valence-electron chi connectivity index (χ0n) is 9.92. The number of hydrogen-bond donors (Lipinski definition) is 1. The topological polar surface area (TPSA) is 68.0 Å². The lowest BCUT2D eigenvalue weighted by Gasteiger charge is -2.04. The number of benzene rings is 2. The van der Waals surface area contributed by atoms with Crippen LogP contribution in [0.2, 0.25) is 10.0 Å². The summed E-state index contributed by atoms with van der Waals surface area (Å²) < 4.78 is 1.57. The molecule has 1 aromatic heterocycles. The van der Waals surface area contributed by atoms with Crippen molar-refractivity contribution in [1.29, 1.82) is 0 Å². The van der Waals surface area contributed by atoms with E-state index in [-0.39, 0.29) is 5.56 Å². The molecule has 0 unspecified atom stereocenters. The first-order valence-electron chi connectivity index (χ1n) is 5.60. The van der Waals surface area contributed by atoms with Gasteiger partial charge in [0.15, 0.2) is 0 Å². The lowest BCUT2D eigenvalue weighted by molar-refractivity contribution is 0.0697. The SMILES string of the molecule is O=C(O)c1ccc2c(c1)nnn2-c1ccc(Cl)c(Cl)c1. The van der Waals surface area contributed by atoms with Crippen LogP contribution < -0.4 is 0 Å². The summed E-state index contributed by atoms with van der Waals surface area (Å²) in [6.45, 7) is 0. The molecule has 3 aromatic rings. The van der Waals surface area contributed by atoms with Crippen LogP contribution in [0.1, 0.15) is 10.4 Å². The molecule has 0 saturated heterocycles. The number of fused-ring (bicyclic) bond motifs is 1. The molecule has 100 valence electrons. The van der Waals surface area contributed by atoms with Crippen molar-refractivity contribution in [3.05, 3.63) is 52.0 Å². The Balaban J connectivity index is 2.17. The monoisotopic (exact) mass is 307 g/mol. The standard InChI is InChI=1S/C13H7Cl2N3O2/c14-9-3-2-8(6-10(9)15)18-12-4-1-7(13(19)20)5-11(12)16-17-18/h1-6H,(H,19,20). The van der Waals surface area contributed by atoms with E-state index in [0.29, 0.717) is 26.8 Å². The van der Waals surface area contributed by atoms with E-state index in [4.69, 9.17) is 28.3 Å². The van der Waals surface area contributed by atoms with Gasteiger partial charge in [-0.2, -0.15) is 0 Å². The maximum atomic E-state index is 10.9. The molecule has 0 amide bonds. The fraction of sp³-hybridized carbons (Fsp3) is 0. The van der Waals surface area contributed by atoms with Gasteiger partial charge in [0.1, 0.15) is 5.52 Å². The van der Waals surface area contributed by atoms with Gasteiger partial charge in [-0.15, -0.1) is 5.10 Å². The number of nitrogens with zero attached hydrogens (tertiary/aromatic N) is 3. The number of aromatic nitrogens is 3. The molecule has 20 heavy (non-hydrogen) atoms. The van der Waals surface area contributed by atoms with Gasteiger partial charge in [-0.05, 0) is 36.4 Å². The average molecular weight is 308 g/mol. The molecule has 0 radical (unpaired) electrons. The molecule has 2 aromatic carbocycles. The van der Waals surface area contributed by atoms with E-state index in [2.05, 4.69) is 10.3 Å².